The zero-order chi connectivity index (χ0) is 16.4. The number of amides is 1. The van der Waals surface area contributed by atoms with Crippen molar-refractivity contribution in [3.8, 4) is 10.6 Å². The van der Waals surface area contributed by atoms with Gasteiger partial charge in [0, 0.05) is 25.1 Å². The van der Waals surface area contributed by atoms with E-state index in [0.717, 1.165) is 5.56 Å². The quantitative estimate of drug-likeness (QED) is 0.887. The molecular weight excluding hydrogens is 336 g/mol. The molecule has 0 bridgehead atoms. The van der Waals surface area contributed by atoms with Gasteiger partial charge < -0.3 is 15.2 Å². The Kier molecular flexibility index (Phi) is 4.68. The van der Waals surface area contributed by atoms with Gasteiger partial charge in [-0.05, 0) is 13.0 Å². The van der Waals surface area contributed by atoms with E-state index in [0.29, 0.717) is 27.9 Å². The van der Waals surface area contributed by atoms with Crippen LogP contribution < -0.4 is 5.32 Å². The standard InChI is InChI=1S/C16H17ClN2O3S/c1-10-16(21,6-7-22-10)9-19-14(20)13-8-18-15(23-13)11-4-2-3-5-12(11)17/h2-5,8,10,21H,6-7,9H2,1H3,(H,19,20)/t10-,16-/m1/s1. The molecule has 1 aliphatic heterocycles. The summed E-state index contributed by atoms with van der Waals surface area (Å²) < 4.78 is 5.36. The van der Waals surface area contributed by atoms with Crippen LogP contribution in [0.4, 0.5) is 0 Å². The number of benzene rings is 1. The number of nitrogens with zero attached hydrogens (tertiary/aromatic N) is 1. The van der Waals surface area contributed by atoms with Crippen LogP contribution >= 0.6 is 22.9 Å². The zero-order valence-corrected chi connectivity index (χ0v) is 14.2. The third kappa shape index (κ3) is 3.40. The molecule has 122 valence electrons. The van der Waals surface area contributed by atoms with Crippen molar-refractivity contribution >= 4 is 28.8 Å². The van der Waals surface area contributed by atoms with E-state index in [1.54, 1.807) is 13.0 Å². The Bertz CT molecular complexity index is 721. The second-order valence-corrected chi connectivity index (χ2v) is 7.00. The molecule has 0 saturated carbocycles. The van der Waals surface area contributed by atoms with Gasteiger partial charge in [-0.3, -0.25) is 4.79 Å². The lowest BCUT2D eigenvalue weighted by atomic mass is 9.97. The summed E-state index contributed by atoms with van der Waals surface area (Å²) >= 11 is 7.42. The van der Waals surface area contributed by atoms with E-state index in [2.05, 4.69) is 10.3 Å². The molecule has 23 heavy (non-hydrogen) atoms. The van der Waals surface area contributed by atoms with E-state index >= 15 is 0 Å². The number of halogens is 1. The first-order chi connectivity index (χ1) is 11.0. The number of hydrogen-bond donors (Lipinski definition) is 2. The van der Waals surface area contributed by atoms with Crippen molar-refractivity contribution in [2.75, 3.05) is 13.2 Å². The molecule has 3 rings (SSSR count). The topological polar surface area (TPSA) is 71.5 Å². The smallest absolute Gasteiger partial charge is 0.263 e. The second-order valence-electron chi connectivity index (χ2n) is 5.56. The van der Waals surface area contributed by atoms with E-state index in [1.807, 2.05) is 18.2 Å². The molecule has 1 amide bonds. The summed E-state index contributed by atoms with van der Waals surface area (Å²) in [6, 6.07) is 7.37. The Hall–Kier alpha value is -1.47. The lowest BCUT2D eigenvalue weighted by Gasteiger charge is -2.25. The zero-order valence-electron chi connectivity index (χ0n) is 12.6. The molecule has 1 aromatic carbocycles. The summed E-state index contributed by atoms with van der Waals surface area (Å²) in [5.74, 6) is -0.256. The Balaban J connectivity index is 1.68. The Morgan fingerprint density at radius 1 is 1.57 bits per heavy atom. The summed E-state index contributed by atoms with van der Waals surface area (Å²) in [7, 11) is 0. The highest BCUT2D eigenvalue weighted by Crippen LogP contribution is 2.31. The van der Waals surface area contributed by atoms with Crippen LogP contribution in [0.3, 0.4) is 0 Å². The van der Waals surface area contributed by atoms with Crippen molar-refractivity contribution in [1.82, 2.24) is 10.3 Å². The molecule has 1 aliphatic rings. The maximum absolute atomic E-state index is 12.3. The van der Waals surface area contributed by atoms with Crippen molar-refractivity contribution in [1.29, 1.82) is 0 Å². The molecule has 1 aromatic heterocycles. The molecule has 2 atom stereocenters. The van der Waals surface area contributed by atoms with Crippen LogP contribution in [0.5, 0.6) is 0 Å². The lowest BCUT2D eigenvalue weighted by Crippen LogP contribution is -2.47. The fourth-order valence-corrected chi connectivity index (χ4v) is 3.61. The van der Waals surface area contributed by atoms with Gasteiger partial charge in [0.15, 0.2) is 0 Å². The van der Waals surface area contributed by atoms with Gasteiger partial charge in [-0.1, -0.05) is 29.8 Å². The van der Waals surface area contributed by atoms with Crippen molar-refractivity contribution < 1.29 is 14.6 Å². The molecule has 0 radical (unpaired) electrons. The molecule has 5 nitrogen and oxygen atoms in total. The van der Waals surface area contributed by atoms with Crippen LogP contribution in [0, 0.1) is 0 Å². The number of ether oxygens (including phenoxy) is 1. The predicted octanol–water partition coefficient (Wildman–Crippen LogP) is 2.73. The van der Waals surface area contributed by atoms with Crippen molar-refractivity contribution in [2.24, 2.45) is 0 Å². The van der Waals surface area contributed by atoms with Crippen molar-refractivity contribution in [3.63, 3.8) is 0 Å². The number of carbonyl (C=O) groups is 1. The van der Waals surface area contributed by atoms with Gasteiger partial charge in [0.1, 0.15) is 15.5 Å². The molecule has 1 fully saturated rings. The molecule has 2 N–H and O–H groups in total. The first-order valence-corrected chi connectivity index (χ1v) is 8.52. The van der Waals surface area contributed by atoms with Gasteiger partial charge in [0.2, 0.25) is 0 Å². The van der Waals surface area contributed by atoms with Crippen molar-refractivity contribution in [2.45, 2.75) is 25.0 Å². The van der Waals surface area contributed by atoms with Crippen LogP contribution in [0.25, 0.3) is 10.6 Å². The van der Waals surface area contributed by atoms with E-state index < -0.39 is 5.60 Å². The third-order valence-corrected chi connectivity index (χ3v) is 5.41. The lowest BCUT2D eigenvalue weighted by molar-refractivity contribution is -0.0251. The second kappa shape index (κ2) is 6.57. The summed E-state index contributed by atoms with van der Waals surface area (Å²) in [5, 5.41) is 14.5. The van der Waals surface area contributed by atoms with Crippen LogP contribution in [0.1, 0.15) is 23.0 Å². The van der Waals surface area contributed by atoms with E-state index in [1.165, 1.54) is 17.5 Å². The fraction of sp³-hybridized carbons (Fsp3) is 0.375. The van der Waals surface area contributed by atoms with Crippen LogP contribution in [0.2, 0.25) is 5.02 Å². The number of thiazole rings is 1. The summed E-state index contributed by atoms with van der Waals surface area (Å²) in [6.45, 7) is 2.47. The highest BCUT2D eigenvalue weighted by atomic mass is 35.5. The number of rotatable bonds is 4. The summed E-state index contributed by atoms with van der Waals surface area (Å²) in [6.07, 6.45) is 1.75. The van der Waals surface area contributed by atoms with Crippen LogP contribution in [0.15, 0.2) is 30.5 Å². The molecule has 0 spiro atoms. The van der Waals surface area contributed by atoms with Crippen LogP contribution in [-0.4, -0.2) is 40.9 Å². The largest absolute Gasteiger partial charge is 0.385 e. The highest BCUT2D eigenvalue weighted by Gasteiger charge is 2.39. The number of carbonyl (C=O) groups excluding carboxylic acids is 1. The maximum Gasteiger partial charge on any atom is 0.263 e. The van der Waals surface area contributed by atoms with Gasteiger partial charge >= 0.3 is 0 Å². The van der Waals surface area contributed by atoms with Gasteiger partial charge in [-0.25, -0.2) is 4.98 Å². The van der Waals surface area contributed by atoms with Gasteiger partial charge in [0.25, 0.3) is 5.91 Å². The molecule has 1 saturated heterocycles. The Morgan fingerprint density at radius 3 is 3.04 bits per heavy atom. The monoisotopic (exact) mass is 352 g/mol. The van der Waals surface area contributed by atoms with Crippen LogP contribution in [-0.2, 0) is 4.74 Å². The summed E-state index contributed by atoms with van der Waals surface area (Å²) in [4.78, 5) is 17.0. The highest BCUT2D eigenvalue weighted by molar-refractivity contribution is 7.17. The van der Waals surface area contributed by atoms with E-state index in [-0.39, 0.29) is 18.6 Å². The van der Waals surface area contributed by atoms with Gasteiger partial charge in [0.05, 0.1) is 17.3 Å². The fourth-order valence-electron chi connectivity index (χ4n) is 2.46. The van der Waals surface area contributed by atoms with E-state index in [9.17, 15) is 9.90 Å². The van der Waals surface area contributed by atoms with Gasteiger partial charge in [-0.15, -0.1) is 11.3 Å². The van der Waals surface area contributed by atoms with Gasteiger partial charge in [-0.2, -0.15) is 0 Å². The number of aromatic nitrogens is 1. The minimum absolute atomic E-state index is 0.159. The first kappa shape index (κ1) is 16.4. The van der Waals surface area contributed by atoms with E-state index in [4.69, 9.17) is 16.3 Å². The average molecular weight is 353 g/mol. The Labute approximate surface area is 143 Å². The SMILES string of the molecule is C[C@H]1OCC[C@@]1(O)CNC(=O)c1cnc(-c2ccccc2Cl)s1. The minimum atomic E-state index is -1.01. The molecule has 2 heterocycles. The third-order valence-electron chi connectivity index (χ3n) is 4.05. The Morgan fingerprint density at radius 2 is 2.35 bits per heavy atom. The number of hydrogen-bond acceptors (Lipinski definition) is 5. The molecular formula is C16H17ClN2O3S. The minimum Gasteiger partial charge on any atom is -0.385 e. The average Bonchev–Trinajstić information content (AvgIpc) is 3.14. The normalized spacial score (nSPS) is 23.9. The maximum atomic E-state index is 12.3. The molecule has 0 unspecified atom stereocenters. The molecule has 2 aromatic rings. The van der Waals surface area contributed by atoms with Crippen molar-refractivity contribution in [3.05, 3.63) is 40.4 Å². The predicted molar refractivity (Wildman–Crippen MR) is 89.9 cm³/mol. The number of nitrogens with one attached hydrogen (secondary N) is 1. The number of aliphatic hydroxyl groups is 1. The summed E-state index contributed by atoms with van der Waals surface area (Å²) in [5.41, 5.74) is -0.207. The first-order valence-electron chi connectivity index (χ1n) is 7.32. The molecule has 7 heteroatoms. The molecule has 0 aliphatic carbocycles.